The molecule has 0 aromatic carbocycles. The van der Waals surface area contributed by atoms with E-state index in [2.05, 4.69) is 10.1 Å². The number of aromatic nitrogens is 4. The number of halogens is 4. The first-order chi connectivity index (χ1) is 14.2. The molecular formula is C19H18F4N4O2S. The number of hydrogen-bond acceptors (Lipinski definition) is 5. The summed E-state index contributed by atoms with van der Waals surface area (Å²) < 4.78 is 56.3. The minimum Gasteiger partial charge on any atom is -0.396 e. The fraction of sp³-hybridized carbons (Fsp3) is 0.526. The minimum absolute atomic E-state index is 0.0536. The summed E-state index contributed by atoms with van der Waals surface area (Å²) in [5.41, 5.74) is -0.868. The van der Waals surface area contributed by atoms with Crippen molar-refractivity contribution in [3.63, 3.8) is 0 Å². The van der Waals surface area contributed by atoms with Crippen molar-refractivity contribution in [2.75, 3.05) is 6.61 Å². The number of aliphatic hydroxyl groups is 1. The molecule has 160 valence electrons. The van der Waals surface area contributed by atoms with Crippen LogP contribution in [0.3, 0.4) is 0 Å². The predicted molar refractivity (Wildman–Crippen MR) is 100 cm³/mol. The lowest BCUT2D eigenvalue weighted by molar-refractivity contribution is -0.143. The lowest BCUT2D eigenvalue weighted by Gasteiger charge is -2.07. The second-order valence-corrected chi connectivity index (χ2v) is 9.19. The van der Waals surface area contributed by atoms with Gasteiger partial charge in [0.15, 0.2) is 10.8 Å². The average molecular weight is 442 g/mol. The van der Waals surface area contributed by atoms with Gasteiger partial charge in [0, 0.05) is 35.1 Å². The van der Waals surface area contributed by atoms with Gasteiger partial charge in [0.25, 0.3) is 5.56 Å². The Morgan fingerprint density at radius 2 is 2.03 bits per heavy atom. The summed E-state index contributed by atoms with van der Waals surface area (Å²) in [7, 11) is 0. The van der Waals surface area contributed by atoms with Crippen LogP contribution in [0.4, 0.5) is 17.6 Å². The standard InChI is InChI=1S/C19H18F4N4O2S/c1-8-15(12-4-10(12)7-28)27-13(29)5-11(24-18(27)30-8)6-26-16(9-2-3-9)14(20)17(25-26)19(21,22)23/h5,9-10,12,28H,2-4,6-7H2,1H3. The van der Waals surface area contributed by atoms with E-state index in [0.29, 0.717) is 17.8 Å². The fourth-order valence-electron chi connectivity index (χ4n) is 4.09. The molecule has 0 aliphatic heterocycles. The number of aliphatic hydroxyl groups excluding tert-OH is 1. The van der Waals surface area contributed by atoms with Gasteiger partial charge in [0.2, 0.25) is 5.69 Å². The van der Waals surface area contributed by atoms with E-state index in [9.17, 15) is 27.5 Å². The Labute approximate surface area is 171 Å². The molecule has 6 nitrogen and oxygen atoms in total. The molecule has 2 fully saturated rings. The third-order valence-electron chi connectivity index (χ3n) is 5.77. The molecule has 3 aromatic rings. The first-order valence-corrected chi connectivity index (χ1v) is 10.5. The van der Waals surface area contributed by atoms with Crippen molar-refractivity contribution < 1.29 is 22.7 Å². The van der Waals surface area contributed by atoms with Crippen LogP contribution in [0, 0.1) is 18.7 Å². The Morgan fingerprint density at radius 3 is 2.63 bits per heavy atom. The van der Waals surface area contributed by atoms with E-state index in [4.69, 9.17) is 0 Å². The molecule has 30 heavy (non-hydrogen) atoms. The van der Waals surface area contributed by atoms with Gasteiger partial charge in [-0.05, 0) is 32.1 Å². The molecule has 3 heterocycles. The Hall–Kier alpha value is -2.27. The molecule has 5 rings (SSSR count). The van der Waals surface area contributed by atoms with Crippen LogP contribution >= 0.6 is 11.3 Å². The molecule has 2 saturated carbocycles. The van der Waals surface area contributed by atoms with Crippen molar-refractivity contribution in [2.45, 2.75) is 50.7 Å². The van der Waals surface area contributed by atoms with Crippen molar-refractivity contribution in [3.8, 4) is 0 Å². The highest BCUT2D eigenvalue weighted by molar-refractivity contribution is 7.17. The number of aryl methyl sites for hydroxylation is 1. The highest BCUT2D eigenvalue weighted by Crippen LogP contribution is 2.49. The molecule has 0 spiro atoms. The van der Waals surface area contributed by atoms with Gasteiger partial charge in [-0.1, -0.05) is 0 Å². The summed E-state index contributed by atoms with van der Waals surface area (Å²) in [6.07, 6.45) is -2.87. The molecule has 0 bridgehead atoms. The SMILES string of the molecule is Cc1sc2nc(Cn3nc(C(F)(F)F)c(F)c3C3CC3)cc(=O)n2c1C1CC1CO. The number of alkyl halides is 3. The topological polar surface area (TPSA) is 72.4 Å². The number of nitrogens with zero attached hydrogens (tertiary/aromatic N) is 4. The summed E-state index contributed by atoms with van der Waals surface area (Å²) in [6.45, 7) is 1.72. The molecule has 2 aliphatic rings. The first kappa shape index (κ1) is 19.7. The van der Waals surface area contributed by atoms with Crippen LogP contribution < -0.4 is 5.56 Å². The van der Waals surface area contributed by atoms with Crippen LogP contribution in [0.1, 0.15) is 58.8 Å². The van der Waals surface area contributed by atoms with Gasteiger partial charge in [-0.3, -0.25) is 13.9 Å². The summed E-state index contributed by atoms with van der Waals surface area (Å²) >= 11 is 1.32. The van der Waals surface area contributed by atoms with Crippen molar-refractivity contribution in [3.05, 3.63) is 49.9 Å². The molecule has 2 unspecified atom stereocenters. The zero-order valence-corrected chi connectivity index (χ0v) is 16.7. The maximum absolute atomic E-state index is 14.4. The fourth-order valence-corrected chi connectivity index (χ4v) is 5.15. The Kier molecular flexibility index (Phi) is 4.34. The maximum Gasteiger partial charge on any atom is 0.438 e. The van der Waals surface area contributed by atoms with Gasteiger partial charge in [-0.15, -0.1) is 11.3 Å². The Balaban J connectivity index is 1.55. The van der Waals surface area contributed by atoms with Crippen LogP contribution in [-0.2, 0) is 12.7 Å². The van der Waals surface area contributed by atoms with E-state index in [-0.39, 0.29) is 47.9 Å². The van der Waals surface area contributed by atoms with E-state index in [1.807, 2.05) is 6.92 Å². The first-order valence-electron chi connectivity index (χ1n) is 9.65. The monoisotopic (exact) mass is 442 g/mol. The molecular weight excluding hydrogens is 424 g/mol. The van der Waals surface area contributed by atoms with Crippen LogP contribution in [0.15, 0.2) is 10.9 Å². The van der Waals surface area contributed by atoms with Gasteiger partial charge in [0.05, 0.1) is 17.9 Å². The van der Waals surface area contributed by atoms with Gasteiger partial charge in [-0.2, -0.15) is 18.3 Å². The molecule has 2 atom stereocenters. The third-order valence-corrected chi connectivity index (χ3v) is 6.74. The molecule has 0 saturated heterocycles. The molecule has 3 aromatic heterocycles. The van der Waals surface area contributed by atoms with Crippen molar-refractivity contribution >= 4 is 16.3 Å². The third kappa shape index (κ3) is 3.15. The van der Waals surface area contributed by atoms with Crippen LogP contribution in [0.25, 0.3) is 4.96 Å². The van der Waals surface area contributed by atoms with Gasteiger partial charge < -0.3 is 5.11 Å². The van der Waals surface area contributed by atoms with Gasteiger partial charge in [0.1, 0.15) is 0 Å². The molecule has 0 amide bonds. The highest BCUT2D eigenvalue weighted by Gasteiger charge is 2.43. The number of rotatable bonds is 5. The van der Waals surface area contributed by atoms with Crippen LogP contribution in [-0.4, -0.2) is 30.9 Å². The second-order valence-electron chi connectivity index (χ2n) is 8.01. The smallest absolute Gasteiger partial charge is 0.396 e. The molecule has 2 aliphatic carbocycles. The quantitative estimate of drug-likeness (QED) is 0.615. The van der Waals surface area contributed by atoms with Crippen molar-refractivity contribution in [1.29, 1.82) is 0 Å². The maximum atomic E-state index is 14.4. The summed E-state index contributed by atoms with van der Waals surface area (Å²) in [5.74, 6) is -1.40. The molecule has 1 N–H and O–H groups in total. The number of hydrogen-bond donors (Lipinski definition) is 1. The average Bonchev–Trinajstić information content (AvgIpc) is 3.56. The molecule has 11 heteroatoms. The predicted octanol–water partition coefficient (Wildman–Crippen LogP) is 3.44. The van der Waals surface area contributed by atoms with E-state index < -0.39 is 17.7 Å². The van der Waals surface area contributed by atoms with Crippen LogP contribution in [0.2, 0.25) is 0 Å². The van der Waals surface area contributed by atoms with E-state index in [1.165, 1.54) is 21.8 Å². The van der Waals surface area contributed by atoms with Gasteiger partial charge in [-0.25, -0.2) is 9.37 Å². The lowest BCUT2D eigenvalue weighted by atomic mass is 10.2. The zero-order valence-electron chi connectivity index (χ0n) is 15.9. The van der Waals surface area contributed by atoms with Gasteiger partial charge >= 0.3 is 6.18 Å². The van der Waals surface area contributed by atoms with E-state index in [0.717, 1.165) is 21.7 Å². The van der Waals surface area contributed by atoms with E-state index >= 15 is 0 Å². The van der Waals surface area contributed by atoms with Crippen molar-refractivity contribution in [1.82, 2.24) is 19.2 Å². The second kappa shape index (κ2) is 6.61. The lowest BCUT2D eigenvalue weighted by Crippen LogP contribution is -2.18. The highest BCUT2D eigenvalue weighted by atomic mass is 32.1. The summed E-state index contributed by atoms with van der Waals surface area (Å²) in [5, 5.41) is 12.8. The normalized spacial score (nSPS) is 21.5. The number of thiazole rings is 1. The van der Waals surface area contributed by atoms with E-state index in [1.54, 1.807) is 0 Å². The summed E-state index contributed by atoms with van der Waals surface area (Å²) in [4.78, 5) is 18.6. The number of fused-ring (bicyclic) bond motifs is 1. The molecule has 0 radical (unpaired) electrons. The Morgan fingerprint density at radius 1 is 1.30 bits per heavy atom. The summed E-state index contributed by atoms with van der Waals surface area (Å²) in [6, 6.07) is 1.27. The van der Waals surface area contributed by atoms with Crippen molar-refractivity contribution in [2.24, 2.45) is 5.92 Å². The minimum atomic E-state index is -4.89. The largest absolute Gasteiger partial charge is 0.438 e. The van der Waals surface area contributed by atoms with Crippen LogP contribution in [0.5, 0.6) is 0 Å². The Bertz CT molecular complexity index is 1210. The zero-order chi connectivity index (χ0) is 21.4.